The van der Waals surface area contributed by atoms with Gasteiger partial charge in [-0.15, -0.1) is 0 Å². The molecule has 0 amide bonds. The predicted molar refractivity (Wildman–Crippen MR) is 116 cm³/mol. The molecule has 1 fully saturated rings. The van der Waals surface area contributed by atoms with E-state index in [9.17, 15) is 27.2 Å². The number of nitrogens with zero attached hydrogens (tertiary/aromatic N) is 4. The molecule has 0 radical (unpaired) electrons. The number of aliphatic carboxylic acids is 1. The van der Waals surface area contributed by atoms with Crippen LogP contribution in [0, 0.1) is 6.92 Å². The van der Waals surface area contributed by atoms with E-state index in [0.29, 0.717) is 22.4 Å². The van der Waals surface area contributed by atoms with Gasteiger partial charge in [-0.2, -0.15) is 18.3 Å². The van der Waals surface area contributed by atoms with E-state index in [1.807, 2.05) is 25.1 Å². The molecule has 0 bridgehead atoms. The molecule has 2 atom stereocenters. The second-order valence-corrected chi connectivity index (χ2v) is 7.88. The molecule has 3 heterocycles. The number of carbonyl (C=O) groups excluding carboxylic acids is 2. The SMILES string of the molecule is CC(=O)c1nn(CC(=O)[C@H]2C[C@H](F)CN2)c2ccc(-c3cnc(C)nc3)cc12.O=C(O)C(F)(F)F. The maximum absolute atomic E-state index is 13.4. The Balaban J connectivity index is 0.000000429. The van der Waals surface area contributed by atoms with Crippen LogP contribution < -0.4 is 5.32 Å². The zero-order valence-electron chi connectivity index (χ0n) is 18.6. The summed E-state index contributed by atoms with van der Waals surface area (Å²) in [5, 5.41) is 15.0. The average Bonchev–Trinajstić information content (AvgIpc) is 3.37. The number of hydrogen-bond donors (Lipinski definition) is 2. The highest BCUT2D eigenvalue weighted by atomic mass is 19.4. The first-order valence-corrected chi connectivity index (χ1v) is 10.4. The summed E-state index contributed by atoms with van der Waals surface area (Å²) in [4.78, 5) is 41.9. The van der Waals surface area contributed by atoms with Gasteiger partial charge in [0, 0.05) is 43.2 Å². The van der Waals surface area contributed by atoms with Crippen LogP contribution in [0.15, 0.2) is 30.6 Å². The third-order valence-corrected chi connectivity index (χ3v) is 5.21. The number of carboxylic acids is 1. The van der Waals surface area contributed by atoms with Crippen molar-refractivity contribution < 1.29 is 37.1 Å². The Hall–Kier alpha value is -3.74. The summed E-state index contributed by atoms with van der Waals surface area (Å²) in [7, 11) is 0. The van der Waals surface area contributed by atoms with Crippen molar-refractivity contribution in [1.82, 2.24) is 25.1 Å². The second kappa shape index (κ2) is 10.3. The lowest BCUT2D eigenvalue weighted by Crippen LogP contribution is -2.33. The van der Waals surface area contributed by atoms with E-state index in [0.717, 1.165) is 11.1 Å². The standard InChI is InChI=1S/C20H20FN5O2.C2HF3O2/c1-11(27)20-16-5-13(14-7-22-12(2)23-8-14)3-4-18(16)26(25-20)10-19(28)17-6-15(21)9-24-17;3-2(4,5)1(6)7/h3-5,7-8,15,17,24H,6,9-10H2,1-2H3;(H,6,7)/t15-,17+;/m0./s1. The Labute approximate surface area is 196 Å². The summed E-state index contributed by atoms with van der Waals surface area (Å²) in [6.07, 6.45) is -2.46. The van der Waals surface area contributed by atoms with Crippen molar-refractivity contribution in [2.24, 2.45) is 0 Å². The minimum absolute atomic E-state index is 0.0127. The number of carbonyl (C=O) groups is 3. The molecular weight excluding hydrogens is 474 g/mol. The summed E-state index contributed by atoms with van der Waals surface area (Å²) >= 11 is 0. The summed E-state index contributed by atoms with van der Waals surface area (Å²) in [5.41, 5.74) is 2.68. The van der Waals surface area contributed by atoms with Crippen molar-refractivity contribution in [2.75, 3.05) is 6.54 Å². The number of carboxylic acid groups (broad SMARTS) is 1. The summed E-state index contributed by atoms with van der Waals surface area (Å²) in [5.74, 6) is -2.41. The highest BCUT2D eigenvalue weighted by molar-refractivity contribution is 6.06. The van der Waals surface area contributed by atoms with Crippen molar-refractivity contribution >= 4 is 28.4 Å². The molecule has 1 aromatic carbocycles. The summed E-state index contributed by atoms with van der Waals surface area (Å²) < 4.78 is 46.6. The molecule has 2 N–H and O–H groups in total. The monoisotopic (exact) mass is 495 g/mol. The van der Waals surface area contributed by atoms with Crippen LogP contribution in [0.2, 0.25) is 0 Å². The maximum atomic E-state index is 13.4. The largest absolute Gasteiger partial charge is 0.490 e. The summed E-state index contributed by atoms with van der Waals surface area (Å²) in [6, 6.07) is 5.06. The minimum atomic E-state index is -5.08. The zero-order chi connectivity index (χ0) is 25.9. The van der Waals surface area contributed by atoms with E-state index in [4.69, 9.17) is 9.90 Å². The van der Waals surface area contributed by atoms with Gasteiger partial charge in [-0.3, -0.25) is 14.3 Å². The number of hydrogen-bond acceptors (Lipinski definition) is 7. The Morgan fingerprint density at radius 3 is 2.31 bits per heavy atom. The van der Waals surface area contributed by atoms with Gasteiger partial charge in [0.15, 0.2) is 11.6 Å². The first-order valence-electron chi connectivity index (χ1n) is 10.4. The lowest BCUT2D eigenvalue weighted by molar-refractivity contribution is -0.192. The average molecular weight is 495 g/mol. The Bertz CT molecular complexity index is 1260. The van der Waals surface area contributed by atoms with E-state index >= 15 is 0 Å². The predicted octanol–water partition coefficient (Wildman–Crippen LogP) is 2.91. The minimum Gasteiger partial charge on any atom is -0.475 e. The number of nitrogens with one attached hydrogen (secondary N) is 1. The number of Topliss-reactive ketones (excluding diaryl/α,β-unsaturated/α-hetero) is 2. The fraction of sp³-hybridized carbons (Fsp3) is 0.364. The topological polar surface area (TPSA) is 127 Å². The first-order chi connectivity index (χ1) is 16.4. The molecule has 0 spiro atoms. The molecule has 0 saturated carbocycles. The van der Waals surface area contributed by atoms with Gasteiger partial charge in [-0.05, 0) is 24.6 Å². The van der Waals surface area contributed by atoms with Crippen LogP contribution in [-0.2, 0) is 16.1 Å². The number of aromatic nitrogens is 4. The van der Waals surface area contributed by atoms with Crippen molar-refractivity contribution in [1.29, 1.82) is 0 Å². The first kappa shape index (κ1) is 25.9. The van der Waals surface area contributed by atoms with Gasteiger partial charge >= 0.3 is 12.1 Å². The molecule has 0 aliphatic carbocycles. The molecule has 1 aliphatic heterocycles. The van der Waals surface area contributed by atoms with Gasteiger partial charge in [0.05, 0.1) is 11.6 Å². The number of alkyl halides is 4. The Morgan fingerprint density at radius 2 is 1.80 bits per heavy atom. The van der Waals surface area contributed by atoms with Gasteiger partial charge in [0.25, 0.3) is 0 Å². The smallest absolute Gasteiger partial charge is 0.475 e. The van der Waals surface area contributed by atoms with Crippen molar-refractivity contribution in [2.45, 2.75) is 45.2 Å². The van der Waals surface area contributed by atoms with Crippen molar-refractivity contribution in [3.8, 4) is 11.1 Å². The number of rotatable bonds is 5. The Morgan fingerprint density at radius 1 is 1.17 bits per heavy atom. The molecule has 3 aromatic rings. The van der Waals surface area contributed by atoms with Crippen LogP contribution >= 0.6 is 0 Å². The zero-order valence-corrected chi connectivity index (χ0v) is 18.6. The van der Waals surface area contributed by atoms with Gasteiger partial charge in [0.2, 0.25) is 0 Å². The molecule has 9 nitrogen and oxygen atoms in total. The van der Waals surface area contributed by atoms with E-state index < -0.39 is 24.4 Å². The number of fused-ring (bicyclic) bond motifs is 1. The van der Waals surface area contributed by atoms with E-state index in [1.54, 1.807) is 12.4 Å². The molecule has 4 rings (SSSR count). The molecule has 2 aromatic heterocycles. The van der Waals surface area contributed by atoms with E-state index in [-0.39, 0.29) is 31.1 Å². The molecule has 1 aliphatic rings. The van der Waals surface area contributed by atoms with Crippen LogP contribution in [-0.4, -0.2) is 67.3 Å². The van der Waals surface area contributed by atoms with Crippen LogP contribution in [0.25, 0.3) is 22.0 Å². The molecule has 35 heavy (non-hydrogen) atoms. The molecule has 1 saturated heterocycles. The van der Waals surface area contributed by atoms with Crippen LogP contribution in [0.3, 0.4) is 0 Å². The summed E-state index contributed by atoms with van der Waals surface area (Å²) in [6.45, 7) is 3.44. The second-order valence-electron chi connectivity index (χ2n) is 7.88. The normalized spacial score (nSPS) is 17.7. The highest BCUT2D eigenvalue weighted by Crippen LogP contribution is 2.27. The lowest BCUT2D eigenvalue weighted by atomic mass is 10.0. The van der Waals surface area contributed by atoms with Crippen molar-refractivity contribution in [3.05, 3.63) is 42.1 Å². The third-order valence-electron chi connectivity index (χ3n) is 5.21. The molecule has 13 heteroatoms. The molecule has 0 unspecified atom stereocenters. The number of halogens is 4. The van der Waals surface area contributed by atoms with Crippen LogP contribution in [0.1, 0.15) is 29.7 Å². The third kappa shape index (κ3) is 6.23. The van der Waals surface area contributed by atoms with Crippen LogP contribution in [0.4, 0.5) is 17.6 Å². The van der Waals surface area contributed by atoms with Crippen molar-refractivity contribution in [3.63, 3.8) is 0 Å². The molecule has 186 valence electrons. The fourth-order valence-corrected chi connectivity index (χ4v) is 3.48. The number of aryl methyl sites for hydroxylation is 1. The van der Waals surface area contributed by atoms with E-state index in [1.165, 1.54) is 11.6 Å². The van der Waals surface area contributed by atoms with Gasteiger partial charge in [-0.1, -0.05) is 6.07 Å². The number of benzene rings is 1. The van der Waals surface area contributed by atoms with Crippen LogP contribution in [0.5, 0.6) is 0 Å². The van der Waals surface area contributed by atoms with Gasteiger partial charge in [0.1, 0.15) is 24.2 Å². The van der Waals surface area contributed by atoms with Gasteiger partial charge in [-0.25, -0.2) is 19.2 Å². The van der Waals surface area contributed by atoms with E-state index in [2.05, 4.69) is 20.4 Å². The Kier molecular flexibility index (Phi) is 7.58. The molecular formula is C22H21F4N5O4. The fourth-order valence-electron chi connectivity index (χ4n) is 3.48. The highest BCUT2D eigenvalue weighted by Gasteiger charge is 2.38. The number of ketones is 2. The lowest BCUT2D eigenvalue weighted by Gasteiger charge is -2.09. The maximum Gasteiger partial charge on any atom is 0.490 e. The quantitative estimate of drug-likeness (QED) is 0.409. The van der Waals surface area contributed by atoms with Gasteiger partial charge < -0.3 is 10.4 Å².